The molecule has 0 spiro atoms. The van der Waals surface area contributed by atoms with E-state index in [1.54, 1.807) is 0 Å². The van der Waals surface area contributed by atoms with Crippen LogP contribution in [0.5, 0.6) is 0 Å². The summed E-state index contributed by atoms with van der Waals surface area (Å²) in [6.07, 6.45) is 16.3. The molecule has 0 atom stereocenters. The Morgan fingerprint density at radius 2 is 1.35 bits per heavy atom. The van der Waals surface area contributed by atoms with Crippen LogP contribution in [0.3, 0.4) is 0 Å². The summed E-state index contributed by atoms with van der Waals surface area (Å²) in [6, 6.07) is 1.37. The highest BCUT2D eigenvalue weighted by molar-refractivity contribution is 5.74. The molecule has 0 saturated heterocycles. The van der Waals surface area contributed by atoms with Gasteiger partial charge in [-0.15, -0.1) is 0 Å². The van der Waals surface area contributed by atoms with Crippen LogP contribution in [0, 0.1) is 0 Å². The minimum Gasteiger partial charge on any atom is -0.278 e. The highest BCUT2D eigenvalue weighted by atomic mass is 15.2. The summed E-state index contributed by atoms with van der Waals surface area (Å²) in [5.41, 5.74) is 0. The van der Waals surface area contributed by atoms with E-state index in [4.69, 9.17) is 0 Å². The van der Waals surface area contributed by atoms with Crippen molar-refractivity contribution in [2.75, 3.05) is 6.54 Å². The van der Waals surface area contributed by atoms with Crippen LogP contribution in [0.4, 0.5) is 0 Å². The zero-order valence-electron chi connectivity index (χ0n) is 13.3. The Morgan fingerprint density at radius 3 is 1.80 bits per heavy atom. The molecule has 0 aromatic rings. The lowest BCUT2D eigenvalue weighted by atomic mass is 9.95. The Labute approximate surface area is 125 Å². The molecule has 0 heterocycles. The molecule has 0 amide bonds. The van der Waals surface area contributed by atoms with Crippen LogP contribution < -0.4 is 15.6 Å². The molecule has 0 radical (unpaired) electrons. The molecule has 2 fully saturated rings. The average molecular weight is 280 g/mol. The molecule has 116 valence electrons. The predicted octanol–water partition coefficient (Wildman–Crippen LogP) is 2.07. The summed E-state index contributed by atoms with van der Waals surface area (Å²) in [7, 11) is 0. The van der Waals surface area contributed by atoms with Crippen molar-refractivity contribution in [1.29, 1.82) is 0 Å². The van der Waals surface area contributed by atoms with E-state index in [2.05, 4.69) is 22.5 Å². The fourth-order valence-electron chi connectivity index (χ4n) is 3.44. The van der Waals surface area contributed by atoms with Gasteiger partial charge in [0.1, 0.15) is 0 Å². The number of hydrogen-bond acceptors (Lipinski definition) is 0. The standard InChI is InChI=1S/C17H33N3/c1-2-3-14-18-17(19-15-10-6-4-7-11-15)20-16-12-8-5-9-13-16/h15-16H,2-14H2,1H3,(H2,18,19,20)/p+1. The molecular weight excluding hydrogens is 246 g/mol. The number of nitrogens with one attached hydrogen (secondary N) is 3. The fourth-order valence-corrected chi connectivity index (χ4v) is 3.44. The van der Waals surface area contributed by atoms with E-state index in [9.17, 15) is 0 Å². The van der Waals surface area contributed by atoms with Crippen molar-refractivity contribution in [3.05, 3.63) is 0 Å². The maximum Gasteiger partial charge on any atom is 0.343 e. The third-order valence-electron chi connectivity index (χ3n) is 4.74. The van der Waals surface area contributed by atoms with Crippen LogP contribution in [-0.4, -0.2) is 24.6 Å². The van der Waals surface area contributed by atoms with Gasteiger partial charge in [-0.1, -0.05) is 51.9 Å². The van der Waals surface area contributed by atoms with E-state index in [0.29, 0.717) is 12.1 Å². The number of unbranched alkanes of at least 4 members (excludes halogenated alkanes) is 1. The Bertz CT molecular complexity index is 254. The van der Waals surface area contributed by atoms with E-state index in [-0.39, 0.29) is 0 Å². The van der Waals surface area contributed by atoms with Crippen molar-refractivity contribution in [3.8, 4) is 0 Å². The van der Waals surface area contributed by atoms with Crippen molar-refractivity contribution < 1.29 is 4.99 Å². The van der Waals surface area contributed by atoms with Crippen molar-refractivity contribution in [3.63, 3.8) is 0 Å². The lowest BCUT2D eigenvalue weighted by molar-refractivity contribution is -0.462. The zero-order chi connectivity index (χ0) is 14.0. The lowest BCUT2D eigenvalue weighted by Crippen LogP contribution is -2.81. The second kappa shape index (κ2) is 9.25. The van der Waals surface area contributed by atoms with Crippen molar-refractivity contribution in [2.24, 2.45) is 0 Å². The maximum atomic E-state index is 3.76. The van der Waals surface area contributed by atoms with Gasteiger partial charge in [0.2, 0.25) is 0 Å². The SMILES string of the molecule is CCCC[NH+]=C(NC1CCCCC1)NC1CCCCC1. The van der Waals surface area contributed by atoms with Gasteiger partial charge in [-0.3, -0.25) is 15.6 Å². The second-order valence-corrected chi connectivity index (χ2v) is 6.61. The quantitative estimate of drug-likeness (QED) is 0.410. The minimum atomic E-state index is 0.684. The Balaban J connectivity index is 1.83. The molecule has 0 aliphatic heterocycles. The van der Waals surface area contributed by atoms with E-state index >= 15 is 0 Å². The summed E-state index contributed by atoms with van der Waals surface area (Å²) in [6.45, 7) is 3.34. The van der Waals surface area contributed by atoms with Crippen molar-refractivity contribution in [2.45, 2.75) is 96.1 Å². The monoisotopic (exact) mass is 280 g/mol. The van der Waals surface area contributed by atoms with Gasteiger partial charge >= 0.3 is 5.96 Å². The molecule has 3 nitrogen and oxygen atoms in total. The Morgan fingerprint density at radius 1 is 0.850 bits per heavy atom. The first-order chi connectivity index (χ1) is 9.88. The molecule has 0 aromatic carbocycles. The Hall–Kier alpha value is -0.730. The van der Waals surface area contributed by atoms with E-state index < -0.39 is 0 Å². The van der Waals surface area contributed by atoms with Crippen LogP contribution in [-0.2, 0) is 0 Å². The summed E-state index contributed by atoms with van der Waals surface area (Å²) in [4.78, 5) is 3.61. The van der Waals surface area contributed by atoms with Crippen molar-refractivity contribution in [1.82, 2.24) is 10.6 Å². The maximum absolute atomic E-state index is 3.76. The topological polar surface area (TPSA) is 38.0 Å². The first kappa shape index (κ1) is 15.7. The Kier molecular flexibility index (Phi) is 7.24. The third kappa shape index (κ3) is 5.72. The van der Waals surface area contributed by atoms with Gasteiger partial charge in [0.25, 0.3) is 0 Å². The highest BCUT2D eigenvalue weighted by Gasteiger charge is 2.22. The molecule has 2 rings (SSSR count). The first-order valence-corrected chi connectivity index (χ1v) is 9.02. The minimum absolute atomic E-state index is 0.684. The van der Waals surface area contributed by atoms with Gasteiger partial charge in [-0.05, 0) is 32.1 Å². The normalized spacial score (nSPS) is 21.4. The summed E-state index contributed by atoms with van der Waals surface area (Å²) >= 11 is 0. The smallest absolute Gasteiger partial charge is 0.278 e. The van der Waals surface area contributed by atoms with Crippen molar-refractivity contribution >= 4 is 5.96 Å². The summed E-state index contributed by atoms with van der Waals surface area (Å²) < 4.78 is 0. The molecule has 3 N–H and O–H groups in total. The van der Waals surface area contributed by atoms with E-state index in [1.165, 1.54) is 83.0 Å². The van der Waals surface area contributed by atoms with Gasteiger partial charge in [-0.2, -0.15) is 0 Å². The largest absolute Gasteiger partial charge is 0.343 e. The van der Waals surface area contributed by atoms with Gasteiger partial charge < -0.3 is 0 Å². The van der Waals surface area contributed by atoms with E-state index in [1.807, 2.05) is 0 Å². The molecule has 0 unspecified atom stereocenters. The van der Waals surface area contributed by atoms with Crippen LogP contribution in [0.1, 0.15) is 84.0 Å². The molecular formula is C17H34N3+. The zero-order valence-corrected chi connectivity index (χ0v) is 13.3. The lowest BCUT2D eigenvalue weighted by Gasteiger charge is -2.24. The first-order valence-electron chi connectivity index (χ1n) is 9.02. The summed E-state index contributed by atoms with van der Waals surface area (Å²) in [5.74, 6) is 1.22. The van der Waals surface area contributed by atoms with Gasteiger partial charge in [0, 0.05) is 0 Å². The van der Waals surface area contributed by atoms with Crippen LogP contribution in [0.2, 0.25) is 0 Å². The van der Waals surface area contributed by atoms with Crippen LogP contribution in [0.25, 0.3) is 0 Å². The number of hydrogen-bond donors (Lipinski definition) is 3. The summed E-state index contributed by atoms with van der Waals surface area (Å²) in [5, 5.41) is 7.51. The third-order valence-corrected chi connectivity index (χ3v) is 4.74. The van der Waals surface area contributed by atoms with Gasteiger partial charge in [0.05, 0.1) is 18.6 Å². The molecule has 2 aliphatic rings. The number of guanidine groups is 1. The van der Waals surface area contributed by atoms with Crippen LogP contribution >= 0.6 is 0 Å². The molecule has 2 saturated carbocycles. The second-order valence-electron chi connectivity index (χ2n) is 6.61. The fraction of sp³-hybridized carbons (Fsp3) is 0.941. The molecule has 20 heavy (non-hydrogen) atoms. The highest BCUT2D eigenvalue weighted by Crippen LogP contribution is 2.18. The molecule has 0 aromatic heterocycles. The number of rotatable bonds is 5. The molecule has 0 bridgehead atoms. The van der Waals surface area contributed by atoms with Gasteiger partial charge in [-0.25, -0.2) is 0 Å². The molecule has 3 heteroatoms. The average Bonchev–Trinajstić information content (AvgIpc) is 2.49. The predicted molar refractivity (Wildman–Crippen MR) is 85.8 cm³/mol. The van der Waals surface area contributed by atoms with E-state index in [0.717, 1.165) is 6.54 Å². The van der Waals surface area contributed by atoms with Crippen LogP contribution in [0.15, 0.2) is 0 Å². The molecule has 2 aliphatic carbocycles. The van der Waals surface area contributed by atoms with Gasteiger partial charge in [0.15, 0.2) is 0 Å².